The van der Waals surface area contributed by atoms with Crippen molar-refractivity contribution >= 4 is 31.6 Å². The zero-order valence-electron chi connectivity index (χ0n) is 20.0. The first-order chi connectivity index (χ1) is 16.8. The molecule has 2 heterocycles. The number of pyridine rings is 1. The van der Waals surface area contributed by atoms with Crippen LogP contribution in [-0.2, 0) is 23.1 Å². The lowest BCUT2D eigenvalue weighted by Crippen LogP contribution is -2.57. The van der Waals surface area contributed by atoms with E-state index in [4.69, 9.17) is 5.73 Å². The van der Waals surface area contributed by atoms with Crippen LogP contribution in [0.2, 0.25) is 0 Å². The SMILES string of the molecule is Cc1cccc2c1CN(S(=O)(=O)C(F)(F)F)C[C@@]([Si])(CCC1CCCC1)N2Cc1cc(N)c(F)cn1. The van der Waals surface area contributed by atoms with Crippen LogP contribution in [0.5, 0.6) is 0 Å². The molecule has 4 rings (SSSR count). The Morgan fingerprint density at radius 1 is 1.25 bits per heavy atom. The number of alkyl halides is 3. The fraction of sp³-hybridized carbons (Fsp3) is 0.542. The molecule has 36 heavy (non-hydrogen) atoms. The molecule has 0 saturated heterocycles. The van der Waals surface area contributed by atoms with Crippen LogP contribution in [0.1, 0.15) is 55.3 Å². The summed E-state index contributed by atoms with van der Waals surface area (Å²) < 4.78 is 80.8. The molecule has 0 unspecified atom stereocenters. The number of hydrogen-bond donors (Lipinski definition) is 1. The monoisotopic (exact) mass is 541 g/mol. The van der Waals surface area contributed by atoms with Gasteiger partial charge in [-0.15, -0.1) is 0 Å². The van der Waals surface area contributed by atoms with E-state index in [0.717, 1.165) is 38.3 Å². The number of aryl methyl sites for hydroxylation is 1. The van der Waals surface area contributed by atoms with Crippen molar-refractivity contribution < 1.29 is 26.0 Å². The fourth-order valence-corrected chi connectivity index (χ4v) is 6.87. The average molecular weight is 542 g/mol. The van der Waals surface area contributed by atoms with Gasteiger partial charge in [-0.3, -0.25) is 4.98 Å². The minimum Gasteiger partial charge on any atom is -0.396 e. The van der Waals surface area contributed by atoms with Gasteiger partial charge < -0.3 is 10.6 Å². The van der Waals surface area contributed by atoms with Gasteiger partial charge in [0, 0.05) is 23.9 Å². The van der Waals surface area contributed by atoms with Gasteiger partial charge in [-0.05, 0) is 48.9 Å². The summed E-state index contributed by atoms with van der Waals surface area (Å²) in [4.78, 5) is 5.99. The number of aromatic nitrogens is 1. The number of rotatable bonds is 6. The summed E-state index contributed by atoms with van der Waals surface area (Å²) in [7, 11) is -1.81. The summed E-state index contributed by atoms with van der Waals surface area (Å²) in [6.07, 6.45) is 6.44. The maximum atomic E-state index is 13.8. The van der Waals surface area contributed by atoms with Crippen molar-refractivity contribution in [1.82, 2.24) is 9.29 Å². The Morgan fingerprint density at radius 3 is 2.58 bits per heavy atom. The maximum absolute atomic E-state index is 13.8. The second-order valence-corrected chi connectivity index (χ2v) is 12.7. The van der Waals surface area contributed by atoms with Crippen molar-refractivity contribution in [3.05, 3.63) is 53.1 Å². The first kappa shape index (κ1) is 26.9. The number of anilines is 2. The Labute approximate surface area is 212 Å². The molecule has 6 nitrogen and oxygen atoms in total. The van der Waals surface area contributed by atoms with Gasteiger partial charge in [-0.2, -0.15) is 17.5 Å². The average Bonchev–Trinajstić information content (AvgIpc) is 3.28. The summed E-state index contributed by atoms with van der Waals surface area (Å²) in [6.45, 7) is 0.982. The Morgan fingerprint density at radius 2 is 1.94 bits per heavy atom. The van der Waals surface area contributed by atoms with E-state index in [1.54, 1.807) is 25.1 Å². The fourth-order valence-electron chi connectivity index (χ4n) is 5.24. The van der Waals surface area contributed by atoms with E-state index in [-0.39, 0.29) is 12.2 Å². The van der Waals surface area contributed by atoms with Crippen LogP contribution in [0, 0.1) is 18.7 Å². The van der Waals surface area contributed by atoms with Gasteiger partial charge in [0.1, 0.15) is 0 Å². The van der Waals surface area contributed by atoms with Crippen molar-refractivity contribution in [2.45, 2.75) is 69.2 Å². The molecule has 195 valence electrons. The van der Waals surface area contributed by atoms with E-state index in [2.05, 4.69) is 15.2 Å². The van der Waals surface area contributed by atoms with E-state index < -0.39 is 39.6 Å². The first-order valence-electron chi connectivity index (χ1n) is 11.9. The summed E-state index contributed by atoms with van der Waals surface area (Å²) >= 11 is 0. The van der Waals surface area contributed by atoms with Crippen LogP contribution < -0.4 is 10.6 Å². The Balaban J connectivity index is 1.83. The maximum Gasteiger partial charge on any atom is 0.511 e. The molecule has 3 radical (unpaired) electrons. The first-order valence-corrected chi connectivity index (χ1v) is 13.8. The predicted molar refractivity (Wildman–Crippen MR) is 131 cm³/mol. The molecule has 0 bridgehead atoms. The Kier molecular flexibility index (Phi) is 7.42. The largest absolute Gasteiger partial charge is 0.511 e. The lowest BCUT2D eigenvalue weighted by Gasteiger charge is -2.44. The van der Waals surface area contributed by atoms with Crippen molar-refractivity contribution in [2.24, 2.45) is 5.92 Å². The van der Waals surface area contributed by atoms with Crippen molar-refractivity contribution in [3.8, 4) is 0 Å². The van der Waals surface area contributed by atoms with Gasteiger partial charge in [-0.1, -0.05) is 37.8 Å². The summed E-state index contributed by atoms with van der Waals surface area (Å²) in [5.74, 6) is -0.244. The molecule has 1 aromatic heterocycles. The topological polar surface area (TPSA) is 79.5 Å². The van der Waals surface area contributed by atoms with Crippen LogP contribution in [-0.4, -0.2) is 45.2 Å². The second kappa shape index (κ2) is 9.94. The lowest BCUT2D eigenvalue weighted by atomic mass is 9.96. The molecule has 1 aliphatic heterocycles. The van der Waals surface area contributed by atoms with Gasteiger partial charge in [0.2, 0.25) is 0 Å². The zero-order valence-corrected chi connectivity index (χ0v) is 21.8. The van der Waals surface area contributed by atoms with Crippen LogP contribution in [0.25, 0.3) is 0 Å². The number of sulfonamides is 1. The smallest absolute Gasteiger partial charge is 0.396 e. The van der Waals surface area contributed by atoms with Crippen LogP contribution in [0.15, 0.2) is 30.5 Å². The number of halogens is 4. The molecule has 1 fully saturated rings. The number of nitrogens with two attached hydrogens (primary N) is 1. The summed E-state index contributed by atoms with van der Waals surface area (Å²) in [5.41, 5.74) is 2.38. The van der Waals surface area contributed by atoms with Crippen LogP contribution >= 0.6 is 0 Å². The highest BCUT2D eigenvalue weighted by Gasteiger charge is 2.53. The molecule has 2 N–H and O–H groups in total. The third-order valence-electron chi connectivity index (χ3n) is 7.30. The van der Waals surface area contributed by atoms with Gasteiger partial charge >= 0.3 is 15.5 Å². The van der Waals surface area contributed by atoms with E-state index in [1.165, 1.54) is 6.07 Å². The Bertz CT molecular complexity index is 1220. The molecule has 1 atom stereocenters. The normalized spacial score (nSPS) is 22.0. The Hall–Kier alpha value is -2.18. The van der Waals surface area contributed by atoms with E-state index >= 15 is 0 Å². The molecular formula is C24H29F4N4O2SSi. The highest BCUT2D eigenvalue weighted by molar-refractivity contribution is 7.89. The lowest BCUT2D eigenvalue weighted by molar-refractivity contribution is -0.0493. The van der Waals surface area contributed by atoms with Crippen LogP contribution in [0.4, 0.5) is 28.9 Å². The number of hydrogen-bond acceptors (Lipinski definition) is 5. The van der Waals surface area contributed by atoms with Gasteiger partial charge in [0.25, 0.3) is 0 Å². The van der Waals surface area contributed by atoms with Gasteiger partial charge in [-0.25, -0.2) is 12.8 Å². The molecule has 1 aromatic carbocycles. The van der Waals surface area contributed by atoms with Crippen LogP contribution in [0.3, 0.4) is 0 Å². The van der Waals surface area contributed by atoms with E-state index in [9.17, 15) is 26.0 Å². The van der Waals surface area contributed by atoms with E-state index in [0.29, 0.717) is 39.2 Å². The van der Waals surface area contributed by atoms with Crippen molar-refractivity contribution in [2.75, 3.05) is 17.2 Å². The minimum atomic E-state index is -5.61. The predicted octanol–water partition coefficient (Wildman–Crippen LogP) is 4.62. The number of fused-ring (bicyclic) bond motifs is 1. The standard InChI is InChI=1S/C24H29F4N4O2SSi/c1-16-5-4-8-22-19(16)14-31(35(33,34)24(26,27)28)15-23(36,10-9-17-6-2-3-7-17)32(22)13-18-11-21(29)20(25)12-30-18/h4-5,8,11-12,17H,2-3,6-7,9-10,13-15H2,1H3,(H2,29,30)/t23-/m0/s1. The van der Waals surface area contributed by atoms with Crippen molar-refractivity contribution in [3.63, 3.8) is 0 Å². The summed E-state index contributed by atoms with van der Waals surface area (Å²) in [5, 5.41) is -1.18. The number of nitrogens with zero attached hydrogens (tertiary/aromatic N) is 3. The second-order valence-electron chi connectivity index (χ2n) is 9.80. The molecule has 0 spiro atoms. The highest BCUT2D eigenvalue weighted by Crippen LogP contribution is 2.41. The van der Waals surface area contributed by atoms with Crippen molar-refractivity contribution in [1.29, 1.82) is 0 Å². The molecular weight excluding hydrogens is 512 g/mol. The number of nitrogen functional groups attached to an aromatic ring is 1. The van der Waals surface area contributed by atoms with Gasteiger partial charge in [0.05, 0.1) is 34.4 Å². The van der Waals surface area contributed by atoms with Gasteiger partial charge in [0.15, 0.2) is 5.82 Å². The summed E-state index contributed by atoms with van der Waals surface area (Å²) in [6, 6.07) is 6.68. The highest BCUT2D eigenvalue weighted by atomic mass is 32.2. The molecule has 2 aliphatic rings. The minimum absolute atomic E-state index is 0.0916. The third-order valence-corrected chi connectivity index (χ3v) is 9.50. The third kappa shape index (κ3) is 5.26. The molecule has 12 heteroatoms. The molecule has 0 amide bonds. The number of benzene rings is 1. The van der Waals surface area contributed by atoms with E-state index in [1.807, 2.05) is 4.90 Å². The molecule has 1 aliphatic carbocycles. The zero-order chi connectivity index (χ0) is 26.3. The molecule has 1 saturated carbocycles. The quantitative estimate of drug-likeness (QED) is 0.427. The molecule has 2 aromatic rings.